The van der Waals surface area contributed by atoms with Crippen molar-refractivity contribution in [1.29, 1.82) is 0 Å². The molecule has 0 amide bonds. The van der Waals surface area contributed by atoms with Gasteiger partial charge in [0.2, 0.25) is 5.82 Å². The Hall–Kier alpha value is -0.960. The summed E-state index contributed by atoms with van der Waals surface area (Å²) in [4.78, 5) is 1.82. The highest BCUT2D eigenvalue weighted by Gasteiger charge is 2.21. The summed E-state index contributed by atoms with van der Waals surface area (Å²) in [7, 11) is 0. The molecule has 0 saturated carbocycles. The third kappa shape index (κ3) is 5.39. The van der Waals surface area contributed by atoms with Crippen molar-refractivity contribution in [3.05, 3.63) is 0 Å². The predicted octanol–water partition coefficient (Wildman–Crippen LogP) is 0.503. The highest BCUT2D eigenvalue weighted by atomic mass is 32.1. The molecular formula is C13H24N4O3S. The maximum atomic E-state index is 10.4. The van der Waals surface area contributed by atoms with Crippen molar-refractivity contribution in [3.8, 4) is 5.88 Å². The molecule has 8 heteroatoms. The molecule has 1 saturated heterocycles. The standard InChI is InChI=1S/C13H24N4O3S/c1-13(2,3)14-8-10(18)9-20-12-11(15-21-16-12)17-4-6-19-7-5-17/h10,14,18H,4-9H2,1-3H3/t10-/m0/s1/i1D3,2D3,8D2,10D. The minimum atomic E-state index is -3.17. The average molecular weight is 325 g/mol. The van der Waals surface area contributed by atoms with E-state index in [1.54, 1.807) is 0 Å². The first-order valence-corrected chi connectivity index (χ1v) is 7.05. The van der Waals surface area contributed by atoms with Crippen LogP contribution in [0.5, 0.6) is 5.88 Å². The Labute approximate surface area is 142 Å². The van der Waals surface area contributed by atoms with Gasteiger partial charge in [0, 0.05) is 36.1 Å². The number of ether oxygens (including phenoxy) is 2. The van der Waals surface area contributed by atoms with Gasteiger partial charge >= 0.3 is 0 Å². The highest BCUT2D eigenvalue weighted by molar-refractivity contribution is 6.99. The normalized spacial score (nSPS) is 27.5. The van der Waals surface area contributed by atoms with Crippen LogP contribution in [0.1, 0.15) is 33.0 Å². The van der Waals surface area contributed by atoms with Crippen molar-refractivity contribution in [2.45, 2.75) is 32.2 Å². The van der Waals surface area contributed by atoms with Crippen molar-refractivity contribution in [2.75, 3.05) is 44.3 Å². The molecule has 0 unspecified atom stereocenters. The molecule has 1 fully saturated rings. The average Bonchev–Trinajstić information content (AvgIpc) is 3.07. The Bertz CT molecular complexity index is 705. The Morgan fingerprint density at radius 3 is 3.10 bits per heavy atom. The summed E-state index contributed by atoms with van der Waals surface area (Å²) in [5, 5.41) is 12.2. The van der Waals surface area contributed by atoms with E-state index in [4.69, 9.17) is 21.8 Å². The van der Waals surface area contributed by atoms with Crippen LogP contribution in [-0.2, 0) is 4.74 Å². The van der Waals surface area contributed by atoms with E-state index in [-0.39, 0.29) is 5.88 Å². The molecule has 0 aromatic carbocycles. The molecule has 0 spiro atoms. The number of aliphatic hydroxyl groups is 1. The zero-order valence-electron chi connectivity index (χ0n) is 20.5. The number of hydrogen-bond acceptors (Lipinski definition) is 8. The summed E-state index contributed by atoms with van der Waals surface area (Å²) in [6.45, 7) is -7.70. The molecule has 1 aliphatic rings. The summed E-state index contributed by atoms with van der Waals surface area (Å²) >= 11 is 0.826. The minimum Gasteiger partial charge on any atom is -0.472 e. The van der Waals surface area contributed by atoms with Crippen molar-refractivity contribution < 1.29 is 26.9 Å². The molecule has 1 aliphatic heterocycles. The van der Waals surface area contributed by atoms with E-state index in [2.05, 4.69) is 8.75 Å². The second-order valence-electron chi connectivity index (χ2n) is 4.60. The van der Waals surface area contributed by atoms with Crippen molar-refractivity contribution >= 4 is 17.5 Å². The molecular weight excluding hydrogens is 292 g/mol. The van der Waals surface area contributed by atoms with Gasteiger partial charge in [0.05, 0.1) is 26.3 Å². The molecule has 2 N–H and O–H groups in total. The summed E-state index contributed by atoms with van der Waals surface area (Å²) < 4.78 is 87.7. The molecule has 120 valence electrons. The van der Waals surface area contributed by atoms with Crippen LogP contribution in [0.2, 0.25) is 0 Å². The van der Waals surface area contributed by atoms with Crippen LogP contribution >= 0.6 is 11.7 Å². The molecule has 0 aliphatic carbocycles. The largest absolute Gasteiger partial charge is 0.472 e. The summed E-state index contributed by atoms with van der Waals surface area (Å²) in [5.74, 6) is 0.320. The molecule has 1 aromatic rings. The molecule has 2 heterocycles. The third-order valence-electron chi connectivity index (χ3n) is 2.56. The molecule has 0 bridgehead atoms. The summed E-state index contributed by atoms with van der Waals surface area (Å²) in [5.41, 5.74) is -2.74. The fourth-order valence-corrected chi connectivity index (χ4v) is 2.13. The minimum absolute atomic E-state index is 0.0298. The predicted molar refractivity (Wildman–Crippen MR) is 82.2 cm³/mol. The van der Waals surface area contributed by atoms with Gasteiger partial charge < -0.3 is 24.8 Å². The fraction of sp³-hybridized carbons (Fsp3) is 0.846. The van der Waals surface area contributed by atoms with E-state index in [1.165, 1.54) is 0 Å². The van der Waals surface area contributed by atoms with Crippen LogP contribution < -0.4 is 15.0 Å². The fourth-order valence-electron chi connectivity index (χ4n) is 1.61. The lowest BCUT2D eigenvalue weighted by molar-refractivity contribution is 0.0975. The van der Waals surface area contributed by atoms with Gasteiger partial charge in [0.25, 0.3) is 5.88 Å². The molecule has 7 nitrogen and oxygen atoms in total. The van der Waals surface area contributed by atoms with Crippen LogP contribution in [0.3, 0.4) is 0 Å². The van der Waals surface area contributed by atoms with Gasteiger partial charge in [0.15, 0.2) is 0 Å². The van der Waals surface area contributed by atoms with Gasteiger partial charge in [0.1, 0.15) is 12.7 Å². The van der Waals surface area contributed by atoms with E-state index in [0.717, 1.165) is 18.7 Å². The second-order valence-corrected chi connectivity index (χ2v) is 5.13. The number of rotatable bonds is 6. The zero-order valence-corrected chi connectivity index (χ0v) is 12.4. The summed E-state index contributed by atoms with van der Waals surface area (Å²) in [6, 6.07) is 0. The van der Waals surface area contributed by atoms with Gasteiger partial charge in [-0.15, -0.1) is 4.37 Å². The van der Waals surface area contributed by atoms with E-state index in [0.29, 0.717) is 32.1 Å². The van der Waals surface area contributed by atoms with Crippen molar-refractivity contribution in [1.82, 2.24) is 14.1 Å². The Morgan fingerprint density at radius 1 is 1.62 bits per heavy atom. The lowest BCUT2D eigenvalue weighted by Crippen LogP contribution is -2.42. The van der Waals surface area contributed by atoms with Gasteiger partial charge in [-0.05, 0) is 20.6 Å². The SMILES string of the molecule is [2H]C([2H])([2H])C(C)(NC([2H])([2H])[C@]([2H])(O)COc1nsnc1N1CCOCC1)C([2H])([2H])[2H]. The van der Waals surface area contributed by atoms with Crippen LogP contribution in [0.15, 0.2) is 0 Å². The maximum Gasteiger partial charge on any atom is 0.270 e. The van der Waals surface area contributed by atoms with E-state index >= 15 is 0 Å². The third-order valence-corrected chi connectivity index (χ3v) is 3.06. The number of morpholine rings is 1. The van der Waals surface area contributed by atoms with Crippen molar-refractivity contribution in [2.24, 2.45) is 0 Å². The quantitative estimate of drug-likeness (QED) is 0.788. The molecule has 1 atom stereocenters. The second kappa shape index (κ2) is 7.35. The number of hydrogen-bond donors (Lipinski definition) is 2. The van der Waals surface area contributed by atoms with Gasteiger partial charge in [-0.3, -0.25) is 0 Å². The molecule has 2 rings (SSSR count). The number of β-amino-alcohol motifs (C(OH)–C–C–N with tert-alkyl or cyclic N) is 1. The highest BCUT2D eigenvalue weighted by Crippen LogP contribution is 2.26. The van der Waals surface area contributed by atoms with Crippen LogP contribution in [0.25, 0.3) is 0 Å². The van der Waals surface area contributed by atoms with Gasteiger partial charge in [-0.1, -0.05) is 0 Å². The molecule has 21 heavy (non-hydrogen) atoms. The van der Waals surface area contributed by atoms with E-state index in [9.17, 15) is 5.11 Å². The summed E-state index contributed by atoms with van der Waals surface area (Å²) in [6.07, 6.45) is -3.06. The van der Waals surface area contributed by atoms with Crippen molar-refractivity contribution in [3.63, 3.8) is 0 Å². The first-order chi connectivity index (χ1) is 13.5. The van der Waals surface area contributed by atoms with Crippen LogP contribution in [0, 0.1) is 0 Å². The molecule has 0 radical (unpaired) electrons. The Morgan fingerprint density at radius 2 is 2.38 bits per heavy atom. The Balaban J connectivity index is 2.17. The number of aromatic nitrogens is 2. The smallest absolute Gasteiger partial charge is 0.270 e. The first kappa shape index (κ1) is 8.05. The Kier molecular flexibility index (Phi) is 2.82. The van der Waals surface area contributed by atoms with Crippen LogP contribution in [-0.4, -0.2) is 64.9 Å². The van der Waals surface area contributed by atoms with E-state index < -0.39 is 38.4 Å². The van der Waals surface area contributed by atoms with Gasteiger partial charge in [-0.25, -0.2) is 0 Å². The first-order valence-electron chi connectivity index (χ1n) is 10.8. The number of anilines is 1. The lowest BCUT2D eigenvalue weighted by Gasteiger charge is -2.27. The zero-order chi connectivity index (χ0) is 23.0. The van der Waals surface area contributed by atoms with E-state index in [1.807, 2.05) is 10.2 Å². The topological polar surface area (TPSA) is 79.7 Å². The van der Waals surface area contributed by atoms with Crippen LogP contribution in [0.4, 0.5) is 5.82 Å². The monoisotopic (exact) mass is 325 g/mol. The maximum absolute atomic E-state index is 10.4. The number of nitrogens with zero attached hydrogens (tertiary/aromatic N) is 3. The lowest BCUT2D eigenvalue weighted by atomic mass is 10.1. The number of nitrogens with one attached hydrogen (secondary N) is 1. The van der Waals surface area contributed by atoms with Gasteiger partial charge in [-0.2, -0.15) is 4.37 Å². The molecule has 1 aromatic heterocycles.